The Morgan fingerprint density at radius 2 is 1.76 bits per heavy atom. The van der Waals surface area contributed by atoms with Gasteiger partial charge in [0.05, 0.1) is 25.0 Å². The van der Waals surface area contributed by atoms with Crippen LogP contribution in [0.4, 0.5) is 0 Å². The van der Waals surface area contributed by atoms with Crippen LogP contribution in [0.3, 0.4) is 0 Å². The van der Waals surface area contributed by atoms with E-state index in [0.29, 0.717) is 57.8 Å². The Hall–Kier alpha value is -2.64. The number of likely N-dealkylation sites (tertiary alicyclic amines) is 1. The summed E-state index contributed by atoms with van der Waals surface area (Å²) in [4.78, 5) is 29.2. The third-order valence-electron chi connectivity index (χ3n) is 5.56. The fourth-order valence-corrected chi connectivity index (χ4v) is 3.90. The molecule has 2 aromatic rings. The van der Waals surface area contributed by atoms with Crippen LogP contribution < -0.4 is 0 Å². The van der Waals surface area contributed by atoms with Crippen molar-refractivity contribution in [2.24, 2.45) is 0 Å². The lowest BCUT2D eigenvalue weighted by molar-refractivity contribution is -0.187. The van der Waals surface area contributed by atoms with Crippen molar-refractivity contribution in [1.82, 2.24) is 9.80 Å². The molecular formula is C22H26N2O5. The van der Waals surface area contributed by atoms with Gasteiger partial charge in [-0.05, 0) is 11.6 Å². The first-order valence-corrected chi connectivity index (χ1v) is 10.1. The fourth-order valence-electron chi connectivity index (χ4n) is 3.90. The van der Waals surface area contributed by atoms with E-state index in [0.717, 1.165) is 5.56 Å². The van der Waals surface area contributed by atoms with Crippen LogP contribution in [0.5, 0.6) is 0 Å². The van der Waals surface area contributed by atoms with E-state index < -0.39 is 5.79 Å². The summed E-state index contributed by atoms with van der Waals surface area (Å²) in [6, 6.07) is 11.4. The molecule has 2 aliphatic rings. The predicted octanol–water partition coefficient (Wildman–Crippen LogP) is 2.68. The number of ether oxygens (including phenoxy) is 2. The lowest BCUT2D eigenvalue weighted by Crippen LogP contribution is -2.48. The van der Waals surface area contributed by atoms with Crippen molar-refractivity contribution in [1.29, 1.82) is 0 Å². The van der Waals surface area contributed by atoms with Crippen LogP contribution in [0, 0.1) is 0 Å². The first-order valence-electron chi connectivity index (χ1n) is 10.1. The summed E-state index contributed by atoms with van der Waals surface area (Å²) in [7, 11) is 0. The maximum absolute atomic E-state index is 12.9. The van der Waals surface area contributed by atoms with E-state index in [-0.39, 0.29) is 18.2 Å². The molecule has 0 saturated carbocycles. The van der Waals surface area contributed by atoms with Gasteiger partial charge in [-0.25, -0.2) is 0 Å². The molecule has 0 unspecified atom stereocenters. The zero-order chi connectivity index (χ0) is 20.1. The van der Waals surface area contributed by atoms with E-state index in [1.54, 1.807) is 11.0 Å². The van der Waals surface area contributed by atoms with Gasteiger partial charge in [-0.3, -0.25) is 9.59 Å². The molecule has 0 N–H and O–H groups in total. The molecule has 4 rings (SSSR count). The van der Waals surface area contributed by atoms with Crippen LogP contribution in [0.1, 0.15) is 35.2 Å². The van der Waals surface area contributed by atoms with E-state index in [1.807, 2.05) is 35.2 Å². The monoisotopic (exact) mass is 398 g/mol. The van der Waals surface area contributed by atoms with Gasteiger partial charge in [0.2, 0.25) is 5.91 Å². The van der Waals surface area contributed by atoms with Crippen molar-refractivity contribution in [3.63, 3.8) is 0 Å². The van der Waals surface area contributed by atoms with E-state index in [4.69, 9.17) is 13.9 Å². The van der Waals surface area contributed by atoms with E-state index in [9.17, 15) is 9.59 Å². The van der Waals surface area contributed by atoms with Crippen molar-refractivity contribution >= 4 is 11.8 Å². The maximum atomic E-state index is 12.9. The molecule has 1 aromatic heterocycles. The molecule has 29 heavy (non-hydrogen) atoms. The number of rotatable bonds is 6. The second-order valence-electron chi connectivity index (χ2n) is 7.46. The normalized spacial score (nSPS) is 18.1. The Balaban J connectivity index is 1.36. The highest BCUT2D eigenvalue weighted by Gasteiger charge is 2.40. The van der Waals surface area contributed by atoms with Gasteiger partial charge < -0.3 is 23.7 Å². The average Bonchev–Trinajstić information content (AvgIpc) is 3.44. The predicted molar refractivity (Wildman–Crippen MR) is 105 cm³/mol. The number of carbonyl (C=O) groups is 2. The highest BCUT2D eigenvalue weighted by atomic mass is 16.7. The Morgan fingerprint density at radius 3 is 2.41 bits per heavy atom. The van der Waals surface area contributed by atoms with E-state index in [2.05, 4.69) is 0 Å². The molecule has 154 valence electrons. The largest absolute Gasteiger partial charge is 0.472 e. The third kappa shape index (κ3) is 4.68. The molecular weight excluding hydrogens is 372 g/mol. The van der Waals surface area contributed by atoms with Crippen LogP contribution in [-0.2, 0) is 20.8 Å². The number of nitrogens with zero attached hydrogens (tertiary/aromatic N) is 2. The second-order valence-corrected chi connectivity index (χ2v) is 7.46. The third-order valence-corrected chi connectivity index (χ3v) is 5.56. The molecule has 2 amide bonds. The molecule has 0 bridgehead atoms. The first kappa shape index (κ1) is 19.7. The summed E-state index contributed by atoms with van der Waals surface area (Å²) in [6.07, 6.45) is 4.59. The molecule has 1 spiro atoms. The number of piperidine rings is 1. The van der Waals surface area contributed by atoms with Crippen molar-refractivity contribution < 1.29 is 23.5 Å². The molecule has 2 saturated heterocycles. The van der Waals surface area contributed by atoms with Gasteiger partial charge in [0.15, 0.2) is 5.79 Å². The van der Waals surface area contributed by atoms with Gasteiger partial charge in [-0.15, -0.1) is 0 Å². The minimum Gasteiger partial charge on any atom is -0.472 e. The van der Waals surface area contributed by atoms with Gasteiger partial charge in [0.25, 0.3) is 5.91 Å². The Bertz CT molecular complexity index is 805. The molecule has 1 aromatic carbocycles. The first-order chi connectivity index (χ1) is 14.2. The van der Waals surface area contributed by atoms with E-state index >= 15 is 0 Å². The Labute approximate surface area is 170 Å². The highest BCUT2D eigenvalue weighted by Crippen LogP contribution is 2.31. The molecule has 0 atom stereocenters. The second kappa shape index (κ2) is 8.80. The summed E-state index contributed by atoms with van der Waals surface area (Å²) in [5, 5.41) is 0. The maximum Gasteiger partial charge on any atom is 0.257 e. The lowest BCUT2D eigenvalue weighted by atomic mass is 10.0. The smallest absolute Gasteiger partial charge is 0.257 e. The van der Waals surface area contributed by atoms with Crippen LogP contribution in [0.15, 0.2) is 53.3 Å². The minimum atomic E-state index is -0.493. The van der Waals surface area contributed by atoms with Gasteiger partial charge in [-0.2, -0.15) is 0 Å². The van der Waals surface area contributed by atoms with Crippen molar-refractivity contribution in [3.05, 3.63) is 60.1 Å². The Kier molecular flexibility index (Phi) is 5.97. The van der Waals surface area contributed by atoms with E-state index in [1.165, 1.54) is 12.5 Å². The highest BCUT2D eigenvalue weighted by molar-refractivity contribution is 5.94. The van der Waals surface area contributed by atoms with Crippen LogP contribution in [0.2, 0.25) is 0 Å². The van der Waals surface area contributed by atoms with Gasteiger partial charge in [0, 0.05) is 45.4 Å². The lowest BCUT2D eigenvalue weighted by Gasteiger charge is -2.37. The molecule has 0 aliphatic carbocycles. The Morgan fingerprint density at radius 1 is 1.03 bits per heavy atom. The number of benzene rings is 1. The molecule has 0 radical (unpaired) electrons. The van der Waals surface area contributed by atoms with Gasteiger partial charge >= 0.3 is 0 Å². The fraction of sp³-hybridized carbons (Fsp3) is 0.455. The van der Waals surface area contributed by atoms with Gasteiger partial charge in [-0.1, -0.05) is 30.3 Å². The number of carbonyl (C=O) groups excluding carboxylic acids is 2. The molecule has 2 fully saturated rings. The average molecular weight is 398 g/mol. The molecule has 7 nitrogen and oxygen atoms in total. The number of hydrogen-bond acceptors (Lipinski definition) is 5. The van der Waals surface area contributed by atoms with Crippen molar-refractivity contribution in [3.8, 4) is 0 Å². The minimum absolute atomic E-state index is 0.0518. The molecule has 2 aliphatic heterocycles. The molecule has 3 heterocycles. The standard InChI is InChI=1S/C22H26N2O5/c25-20(23-11-8-22(9-12-23)28-14-15-29-22)6-10-24(16-18-4-2-1-3-5-18)21(26)19-7-13-27-17-19/h1-5,7,13,17H,6,8-12,14-16H2. The number of furan rings is 1. The summed E-state index contributed by atoms with van der Waals surface area (Å²) in [5.74, 6) is -0.579. The van der Waals surface area contributed by atoms with Crippen molar-refractivity contribution in [2.75, 3.05) is 32.8 Å². The van der Waals surface area contributed by atoms with Crippen LogP contribution in [-0.4, -0.2) is 60.2 Å². The van der Waals surface area contributed by atoms with Crippen LogP contribution >= 0.6 is 0 Å². The van der Waals surface area contributed by atoms with Crippen molar-refractivity contribution in [2.45, 2.75) is 31.6 Å². The number of hydrogen-bond donors (Lipinski definition) is 0. The number of amides is 2. The summed E-state index contributed by atoms with van der Waals surface area (Å²) in [6.45, 7) is 3.28. The SMILES string of the molecule is O=C(CCN(Cc1ccccc1)C(=O)c1ccoc1)N1CCC2(CC1)OCCO2. The molecule has 7 heteroatoms. The van der Waals surface area contributed by atoms with Crippen LogP contribution in [0.25, 0.3) is 0 Å². The van der Waals surface area contributed by atoms with Gasteiger partial charge in [0.1, 0.15) is 6.26 Å². The quantitative estimate of drug-likeness (QED) is 0.748. The topological polar surface area (TPSA) is 72.2 Å². The zero-order valence-electron chi connectivity index (χ0n) is 16.4. The summed E-state index contributed by atoms with van der Waals surface area (Å²) < 4.78 is 16.5. The zero-order valence-corrected chi connectivity index (χ0v) is 16.4. The summed E-state index contributed by atoms with van der Waals surface area (Å²) in [5.41, 5.74) is 1.51. The summed E-state index contributed by atoms with van der Waals surface area (Å²) >= 11 is 0.